The highest BCUT2D eigenvalue weighted by Gasteiger charge is 1.92. The maximum atomic E-state index is 12.4. The van der Waals surface area contributed by atoms with Gasteiger partial charge in [-0.15, -0.1) is 0 Å². The van der Waals surface area contributed by atoms with Crippen molar-refractivity contribution in [1.29, 1.82) is 0 Å². The van der Waals surface area contributed by atoms with Gasteiger partial charge in [0.2, 0.25) is 0 Å². The van der Waals surface area contributed by atoms with Crippen LogP contribution in [0.2, 0.25) is 0 Å². The van der Waals surface area contributed by atoms with E-state index in [1.165, 1.54) is 12.1 Å². The average molecular weight is 169 g/mol. The van der Waals surface area contributed by atoms with Crippen molar-refractivity contribution in [3.8, 4) is 0 Å². The van der Waals surface area contributed by atoms with Gasteiger partial charge in [0, 0.05) is 5.75 Å². The van der Waals surface area contributed by atoms with Crippen molar-refractivity contribution in [2.75, 3.05) is 5.75 Å². The van der Waals surface area contributed by atoms with Crippen molar-refractivity contribution < 1.29 is 4.39 Å². The summed E-state index contributed by atoms with van der Waals surface area (Å²) < 4.78 is 12.4. The molecular weight excluding hydrogens is 159 g/mol. The Kier molecular flexibility index (Phi) is 3.43. The van der Waals surface area contributed by atoms with Gasteiger partial charge in [-0.25, -0.2) is 4.39 Å². The molecule has 11 heavy (non-hydrogen) atoms. The molecule has 59 valence electrons. The third kappa shape index (κ3) is 2.93. The summed E-state index contributed by atoms with van der Waals surface area (Å²) in [4.78, 5) is 0. The molecule has 0 amide bonds. The van der Waals surface area contributed by atoms with Crippen LogP contribution in [0.1, 0.15) is 5.56 Å². The van der Waals surface area contributed by atoms with E-state index < -0.39 is 0 Å². The predicted octanol–water partition coefficient (Wildman–Crippen LogP) is 2.89. The molecule has 1 aromatic carbocycles. The van der Waals surface area contributed by atoms with Crippen LogP contribution < -0.4 is 0 Å². The second kappa shape index (κ2) is 4.39. The van der Waals surface area contributed by atoms with E-state index in [9.17, 15) is 4.39 Å². The molecule has 0 saturated carbocycles. The van der Waals surface area contributed by atoms with Crippen LogP contribution in [-0.4, -0.2) is 5.75 Å². The highest BCUT2D eigenvalue weighted by Crippen LogP contribution is 2.11. The first-order valence-electron chi connectivity index (χ1n) is 3.44. The van der Waals surface area contributed by atoms with Crippen LogP contribution in [0.3, 0.4) is 0 Å². The average Bonchev–Trinajstić information content (AvgIpc) is 2.04. The van der Waals surface area contributed by atoms with Gasteiger partial charge in [0.15, 0.2) is 0 Å². The fraction of sp³-hybridized carbons (Fsp3) is 0.222. The summed E-state index contributed by atoms with van der Waals surface area (Å²) in [6.07, 6.45) is 0. The van der Waals surface area contributed by atoms with E-state index in [1.807, 2.05) is 0 Å². The molecule has 0 heterocycles. The summed E-state index contributed by atoms with van der Waals surface area (Å²) >= 11 is 1.73. The third-order valence-electron chi connectivity index (χ3n) is 1.33. The van der Waals surface area contributed by atoms with Gasteiger partial charge < -0.3 is 0 Å². The zero-order valence-electron chi connectivity index (χ0n) is 6.22. The smallest absolute Gasteiger partial charge is 0.123 e. The highest BCUT2D eigenvalue weighted by atomic mass is 32.2. The molecule has 0 N–H and O–H groups in total. The minimum Gasteiger partial charge on any atom is -0.207 e. The molecule has 2 heteroatoms. The Hall–Kier alpha value is -0.500. The maximum Gasteiger partial charge on any atom is 0.123 e. The SMILES string of the molecule is [CH2]CSCc1ccc(F)cc1. The van der Waals surface area contributed by atoms with E-state index in [-0.39, 0.29) is 5.82 Å². The van der Waals surface area contributed by atoms with Gasteiger partial charge in [0.1, 0.15) is 5.82 Å². The first-order valence-corrected chi connectivity index (χ1v) is 4.60. The Morgan fingerprint density at radius 3 is 2.45 bits per heavy atom. The zero-order valence-corrected chi connectivity index (χ0v) is 7.03. The van der Waals surface area contributed by atoms with E-state index in [4.69, 9.17) is 0 Å². The number of hydrogen-bond donors (Lipinski definition) is 0. The van der Waals surface area contributed by atoms with Gasteiger partial charge in [-0.2, -0.15) is 11.8 Å². The Labute approximate surface area is 70.8 Å². The molecule has 0 aliphatic rings. The molecular formula is C9H10FS. The molecule has 1 rings (SSSR count). The van der Waals surface area contributed by atoms with E-state index >= 15 is 0 Å². The lowest BCUT2D eigenvalue weighted by Crippen LogP contribution is -1.81. The quantitative estimate of drug-likeness (QED) is 0.670. The third-order valence-corrected chi connectivity index (χ3v) is 2.15. The van der Waals surface area contributed by atoms with Crippen LogP contribution in [0.15, 0.2) is 24.3 Å². The van der Waals surface area contributed by atoms with Crippen LogP contribution in [0.4, 0.5) is 4.39 Å². The minimum absolute atomic E-state index is 0.173. The van der Waals surface area contributed by atoms with E-state index in [1.54, 1.807) is 23.9 Å². The van der Waals surface area contributed by atoms with Crippen LogP contribution >= 0.6 is 11.8 Å². The summed E-state index contributed by atoms with van der Waals surface area (Å²) in [6.45, 7) is 3.71. The molecule has 0 aliphatic heterocycles. The fourth-order valence-corrected chi connectivity index (χ4v) is 1.34. The van der Waals surface area contributed by atoms with Crippen molar-refractivity contribution in [2.24, 2.45) is 0 Å². The molecule has 0 saturated heterocycles. The largest absolute Gasteiger partial charge is 0.207 e. The first kappa shape index (κ1) is 8.60. The van der Waals surface area contributed by atoms with Gasteiger partial charge in [0.25, 0.3) is 0 Å². The molecule has 0 nitrogen and oxygen atoms in total. The summed E-state index contributed by atoms with van der Waals surface area (Å²) in [5.41, 5.74) is 1.15. The van der Waals surface area contributed by atoms with Crippen molar-refractivity contribution in [2.45, 2.75) is 5.75 Å². The Morgan fingerprint density at radius 2 is 1.91 bits per heavy atom. The summed E-state index contributed by atoms with van der Waals surface area (Å²) in [5.74, 6) is 1.61. The second-order valence-electron chi connectivity index (χ2n) is 2.18. The monoisotopic (exact) mass is 169 g/mol. The molecule has 1 aromatic rings. The number of rotatable bonds is 3. The van der Waals surface area contributed by atoms with Crippen molar-refractivity contribution in [1.82, 2.24) is 0 Å². The Morgan fingerprint density at radius 1 is 1.27 bits per heavy atom. The van der Waals surface area contributed by atoms with Crippen LogP contribution in [-0.2, 0) is 5.75 Å². The number of thioether (sulfide) groups is 1. The van der Waals surface area contributed by atoms with Gasteiger partial charge in [-0.05, 0) is 30.4 Å². The molecule has 1 radical (unpaired) electrons. The minimum atomic E-state index is -0.173. The molecule has 0 unspecified atom stereocenters. The summed E-state index contributed by atoms with van der Waals surface area (Å²) in [5, 5.41) is 0. The fourth-order valence-electron chi connectivity index (χ4n) is 0.771. The predicted molar refractivity (Wildman–Crippen MR) is 47.9 cm³/mol. The molecule has 0 fully saturated rings. The number of halogens is 1. The molecule has 0 atom stereocenters. The molecule has 0 spiro atoms. The van der Waals surface area contributed by atoms with Crippen molar-refractivity contribution in [3.63, 3.8) is 0 Å². The van der Waals surface area contributed by atoms with Crippen molar-refractivity contribution >= 4 is 11.8 Å². The lowest BCUT2D eigenvalue weighted by Gasteiger charge is -1.97. The van der Waals surface area contributed by atoms with E-state index in [2.05, 4.69) is 6.92 Å². The van der Waals surface area contributed by atoms with Crippen LogP contribution in [0.5, 0.6) is 0 Å². The zero-order chi connectivity index (χ0) is 8.10. The van der Waals surface area contributed by atoms with E-state index in [0.717, 1.165) is 17.1 Å². The highest BCUT2D eigenvalue weighted by molar-refractivity contribution is 7.98. The maximum absolute atomic E-state index is 12.4. The van der Waals surface area contributed by atoms with Gasteiger partial charge in [-0.1, -0.05) is 12.1 Å². The lowest BCUT2D eigenvalue weighted by molar-refractivity contribution is 0.627. The molecule has 0 aromatic heterocycles. The first-order chi connectivity index (χ1) is 5.33. The standard InChI is InChI=1S/C9H10FS/c1-2-11-7-8-3-5-9(10)6-4-8/h3-6H,1-2,7H2. The topological polar surface area (TPSA) is 0 Å². The summed E-state index contributed by atoms with van der Waals surface area (Å²) in [7, 11) is 0. The van der Waals surface area contributed by atoms with Gasteiger partial charge >= 0.3 is 0 Å². The van der Waals surface area contributed by atoms with E-state index in [0.29, 0.717) is 0 Å². The lowest BCUT2D eigenvalue weighted by atomic mass is 10.2. The van der Waals surface area contributed by atoms with Crippen LogP contribution in [0, 0.1) is 12.7 Å². The molecule has 0 aliphatic carbocycles. The number of hydrogen-bond acceptors (Lipinski definition) is 1. The van der Waals surface area contributed by atoms with Gasteiger partial charge in [-0.3, -0.25) is 0 Å². The van der Waals surface area contributed by atoms with Crippen LogP contribution in [0.25, 0.3) is 0 Å². The number of benzene rings is 1. The Bertz CT molecular complexity index is 205. The normalized spacial score (nSPS) is 10.0. The second-order valence-corrected chi connectivity index (χ2v) is 3.28. The molecule has 0 bridgehead atoms. The Balaban J connectivity index is 2.52. The summed E-state index contributed by atoms with van der Waals surface area (Å²) in [6, 6.07) is 6.58. The van der Waals surface area contributed by atoms with Crippen molar-refractivity contribution in [3.05, 3.63) is 42.6 Å². The van der Waals surface area contributed by atoms with Gasteiger partial charge in [0.05, 0.1) is 0 Å².